The minimum Gasteiger partial charge on any atom is -0.497 e. The number of hydrogen-bond donors (Lipinski definition) is 0. The van der Waals surface area contributed by atoms with Crippen molar-refractivity contribution in [2.24, 2.45) is 0 Å². The van der Waals surface area contributed by atoms with Crippen LogP contribution < -0.4 is 9.47 Å². The molecule has 0 atom stereocenters. The number of rotatable bonds is 5. The minimum absolute atomic E-state index is 0.437. The van der Waals surface area contributed by atoms with Crippen molar-refractivity contribution < 1.29 is 18.9 Å². The molecule has 4 nitrogen and oxygen atoms in total. The van der Waals surface area contributed by atoms with Gasteiger partial charge in [-0.25, -0.2) is 0 Å². The second kappa shape index (κ2) is 6.27. The van der Waals surface area contributed by atoms with E-state index in [-0.39, 0.29) is 0 Å². The fourth-order valence-corrected chi connectivity index (χ4v) is 2.24. The number of benzene rings is 1. The number of ether oxygens (including phenoxy) is 4. The van der Waals surface area contributed by atoms with E-state index in [1.54, 1.807) is 28.4 Å². The molecule has 0 aliphatic rings. The Morgan fingerprint density at radius 1 is 1.00 bits per heavy atom. The first kappa shape index (κ1) is 13.5. The molecule has 1 aromatic rings. The average molecular weight is 338 g/mol. The second-order valence-corrected chi connectivity index (χ2v) is 4.19. The van der Waals surface area contributed by atoms with Gasteiger partial charge in [0.1, 0.15) is 11.5 Å². The van der Waals surface area contributed by atoms with Crippen molar-refractivity contribution in [3.8, 4) is 11.5 Å². The molecule has 0 fully saturated rings. The van der Waals surface area contributed by atoms with Crippen LogP contribution >= 0.6 is 22.6 Å². The van der Waals surface area contributed by atoms with E-state index in [9.17, 15) is 0 Å². The Kier molecular flexibility index (Phi) is 5.30. The largest absolute Gasteiger partial charge is 0.497 e. The quantitative estimate of drug-likeness (QED) is 0.611. The lowest BCUT2D eigenvalue weighted by Crippen LogP contribution is -2.08. The average Bonchev–Trinajstić information content (AvgIpc) is 2.31. The molecule has 90 valence electrons. The van der Waals surface area contributed by atoms with Gasteiger partial charge in [0.25, 0.3) is 0 Å². The van der Waals surface area contributed by atoms with Gasteiger partial charge >= 0.3 is 0 Å². The summed E-state index contributed by atoms with van der Waals surface area (Å²) in [5.74, 6) is 1.44. The molecule has 0 bridgehead atoms. The van der Waals surface area contributed by atoms with E-state index in [4.69, 9.17) is 18.9 Å². The van der Waals surface area contributed by atoms with E-state index < -0.39 is 6.29 Å². The normalized spacial score (nSPS) is 10.6. The summed E-state index contributed by atoms with van der Waals surface area (Å²) in [6.07, 6.45) is -0.437. The van der Waals surface area contributed by atoms with Crippen molar-refractivity contribution in [1.82, 2.24) is 0 Å². The zero-order chi connectivity index (χ0) is 12.1. The van der Waals surface area contributed by atoms with Gasteiger partial charge in [0.05, 0.1) is 19.8 Å². The van der Waals surface area contributed by atoms with Gasteiger partial charge in [-0.05, 0) is 28.7 Å². The van der Waals surface area contributed by atoms with Crippen LogP contribution in [0.1, 0.15) is 11.9 Å². The standard InChI is InChI=1S/C11H15IO4/c1-13-7-5-8(12)10(9(6-7)14-2)11(15-3)16-4/h5-6,11H,1-4H3. The molecule has 0 aliphatic heterocycles. The Morgan fingerprint density at radius 3 is 2.06 bits per heavy atom. The molecule has 0 saturated heterocycles. The predicted molar refractivity (Wildman–Crippen MR) is 69.0 cm³/mol. The zero-order valence-electron chi connectivity index (χ0n) is 9.74. The Bertz CT molecular complexity index is 350. The monoisotopic (exact) mass is 338 g/mol. The summed E-state index contributed by atoms with van der Waals surface area (Å²) in [7, 11) is 6.41. The van der Waals surface area contributed by atoms with Gasteiger partial charge < -0.3 is 18.9 Å². The van der Waals surface area contributed by atoms with E-state index in [0.717, 1.165) is 14.9 Å². The van der Waals surface area contributed by atoms with Crippen LogP contribution in [0.15, 0.2) is 12.1 Å². The van der Waals surface area contributed by atoms with Crippen LogP contribution in [0.2, 0.25) is 0 Å². The van der Waals surface area contributed by atoms with Crippen LogP contribution in [0.25, 0.3) is 0 Å². The fraction of sp³-hybridized carbons (Fsp3) is 0.455. The van der Waals surface area contributed by atoms with Crippen LogP contribution in [0.4, 0.5) is 0 Å². The van der Waals surface area contributed by atoms with E-state index in [0.29, 0.717) is 5.75 Å². The van der Waals surface area contributed by atoms with Gasteiger partial charge in [-0.2, -0.15) is 0 Å². The molecule has 0 unspecified atom stereocenters. The molecule has 0 N–H and O–H groups in total. The van der Waals surface area contributed by atoms with Crippen molar-refractivity contribution in [3.05, 3.63) is 21.3 Å². The van der Waals surface area contributed by atoms with Gasteiger partial charge in [0.2, 0.25) is 0 Å². The van der Waals surface area contributed by atoms with E-state index >= 15 is 0 Å². The molecular formula is C11H15IO4. The topological polar surface area (TPSA) is 36.9 Å². The third-order valence-corrected chi connectivity index (χ3v) is 3.08. The summed E-state index contributed by atoms with van der Waals surface area (Å²) >= 11 is 2.20. The molecular weight excluding hydrogens is 323 g/mol. The highest BCUT2D eigenvalue weighted by atomic mass is 127. The molecule has 0 amide bonds. The first-order valence-electron chi connectivity index (χ1n) is 4.65. The van der Waals surface area contributed by atoms with Gasteiger partial charge in [-0.3, -0.25) is 0 Å². The molecule has 0 aliphatic carbocycles. The summed E-state index contributed by atoms with van der Waals surface area (Å²) in [6.45, 7) is 0. The Labute approximate surface area is 109 Å². The lowest BCUT2D eigenvalue weighted by atomic mass is 10.2. The van der Waals surface area contributed by atoms with Crippen LogP contribution in [0.5, 0.6) is 11.5 Å². The molecule has 5 heteroatoms. The van der Waals surface area contributed by atoms with Gasteiger partial charge in [-0.1, -0.05) is 0 Å². The van der Waals surface area contributed by atoms with Crippen LogP contribution in [0.3, 0.4) is 0 Å². The van der Waals surface area contributed by atoms with Crippen molar-refractivity contribution in [2.45, 2.75) is 6.29 Å². The smallest absolute Gasteiger partial charge is 0.187 e. The molecule has 1 aromatic carbocycles. The number of methoxy groups -OCH3 is 4. The number of halogens is 1. The van der Waals surface area contributed by atoms with Crippen molar-refractivity contribution in [3.63, 3.8) is 0 Å². The Balaban J connectivity index is 3.25. The second-order valence-electron chi connectivity index (χ2n) is 3.03. The third kappa shape index (κ3) is 2.78. The molecule has 1 rings (SSSR count). The SMILES string of the molecule is COc1cc(I)c(C(OC)OC)c(OC)c1. The van der Waals surface area contributed by atoms with Crippen LogP contribution in [-0.4, -0.2) is 28.4 Å². The van der Waals surface area contributed by atoms with Gasteiger partial charge in [-0.15, -0.1) is 0 Å². The van der Waals surface area contributed by atoms with Crippen LogP contribution in [-0.2, 0) is 9.47 Å². The maximum absolute atomic E-state index is 5.31. The predicted octanol–water partition coefficient (Wildman–Crippen LogP) is 2.60. The van der Waals surface area contributed by atoms with Crippen molar-refractivity contribution in [1.29, 1.82) is 0 Å². The highest BCUT2D eigenvalue weighted by Gasteiger charge is 2.19. The Hall–Kier alpha value is -0.530. The zero-order valence-corrected chi connectivity index (χ0v) is 11.9. The maximum Gasteiger partial charge on any atom is 0.187 e. The Morgan fingerprint density at radius 2 is 1.62 bits per heavy atom. The highest BCUT2D eigenvalue weighted by Crippen LogP contribution is 2.35. The summed E-state index contributed by atoms with van der Waals surface area (Å²) in [5.41, 5.74) is 0.869. The van der Waals surface area contributed by atoms with E-state index in [2.05, 4.69) is 22.6 Å². The summed E-state index contributed by atoms with van der Waals surface area (Å²) in [6, 6.07) is 3.71. The van der Waals surface area contributed by atoms with E-state index in [1.807, 2.05) is 12.1 Å². The first-order valence-corrected chi connectivity index (χ1v) is 5.72. The van der Waals surface area contributed by atoms with Crippen molar-refractivity contribution in [2.75, 3.05) is 28.4 Å². The molecule has 0 spiro atoms. The van der Waals surface area contributed by atoms with Crippen molar-refractivity contribution >= 4 is 22.6 Å². The third-order valence-electron chi connectivity index (χ3n) is 2.18. The summed E-state index contributed by atoms with van der Waals surface area (Å²) < 4.78 is 21.9. The highest BCUT2D eigenvalue weighted by molar-refractivity contribution is 14.1. The van der Waals surface area contributed by atoms with E-state index in [1.165, 1.54) is 0 Å². The summed E-state index contributed by atoms with van der Waals surface area (Å²) in [5, 5.41) is 0. The van der Waals surface area contributed by atoms with Gasteiger partial charge in [0, 0.05) is 23.9 Å². The minimum atomic E-state index is -0.437. The summed E-state index contributed by atoms with van der Waals surface area (Å²) in [4.78, 5) is 0. The molecule has 0 heterocycles. The molecule has 0 radical (unpaired) electrons. The molecule has 0 aromatic heterocycles. The lowest BCUT2D eigenvalue weighted by Gasteiger charge is -2.19. The lowest BCUT2D eigenvalue weighted by molar-refractivity contribution is -0.107. The van der Waals surface area contributed by atoms with Crippen LogP contribution in [0, 0.1) is 3.57 Å². The number of hydrogen-bond acceptors (Lipinski definition) is 4. The first-order chi connectivity index (χ1) is 7.67. The molecule has 16 heavy (non-hydrogen) atoms. The van der Waals surface area contributed by atoms with Gasteiger partial charge in [0.15, 0.2) is 6.29 Å². The maximum atomic E-state index is 5.31. The molecule has 0 saturated carbocycles. The fourth-order valence-electron chi connectivity index (χ4n) is 1.42.